The fourth-order valence-electron chi connectivity index (χ4n) is 0.974. The molecule has 1 rings (SSSR count). The lowest BCUT2D eigenvalue weighted by Crippen LogP contribution is -2.01. The highest BCUT2D eigenvalue weighted by atomic mass is 19.3. The molecule has 0 aromatic carbocycles. The van der Waals surface area contributed by atoms with E-state index in [1.165, 1.54) is 6.20 Å². The molecule has 0 radical (unpaired) electrons. The minimum Gasteiger partial charge on any atom is -0.241 e. The Morgan fingerprint density at radius 3 is 2.67 bits per heavy atom. The van der Waals surface area contributed by atoms with Crippen LogP contribution >= 0.6 is 0 Å². The van der Waals surface area contributed by atoms with Gasteiger partial charge in [0.1, 0.15) is 11.5 Å². The number of aryl methyl sites for hydroxylation is 2. The number of alkyl halides is 2. The molecule has 2 nitrogen and oxygen atoms in total. The first kappa shape index (κ1) is 9.03. The Kier molecular flexibility index (Phi) is 2.68. The van der Waals surface area contributed by atoms with Crippen LogP contribution in [0.5, 0.6) is 0 Å². The van der Waals surface area contributed by atoms with Crippen LogP contribution in [0.1, 0.15) is 30.4 Å². The van der Waals surface area contributed by atoms with Crippen molar-refractivity contribution < 1.29 is 8.78 Å². The molecule has 12 heavy (non-hydrogen) atoms. The Hall–Kier alpha value is -1.06. The second-order valence-electron chi connectivity index (χ2n) is 2.48. The third-order valence-electron chi connectivity index (χ3n) is 1.61. The maximum atomic E-state index is 12.3. The molecule has 0 aliphatic rings. The van der Waals surface area contributed by atoms with Crippen molar-refractivity contribution in [1.29, 1.82) is 0 Å². The van der Waals surface area contributed by atoms with Crippen molar-refractivity contribution in [3.63, 3.8) is 0 Å². The average molecular weight is 172 g/mol. The summed E-state index contributed by atoms with van der Waals surface area (Å²) in [7, 11) is 0. The summed E-state index contributed by atoms with van der Waals surface area (Å²) < 4.78 is 24.6. The number of rotatable bonds is 2. The molecule has 1 aromatic rings. The Morgan fingerprint density at radius 1 is 1.50 bits per heavy atom. The number of nitrogens with zero attached hydrogens (tertiary/aromatic N) is 2. The van der Waals surface area contributed by atoms with E-state index in [-0.39, 0.29) is 5.69 Å². The summed E-state index contributed by atoms with van der Waals surface area (Å²) in [4.78, 5) is 7.53. The Bertz CT molecular complexity index is 274. The molecule has 1 heterocycles. The second kappa shape index (κ2) is 3.56. The number of aromatic nitrogens is 2. The van der Waals surface area contributed by atoms with Crippen molar-refractivity contribution in [2.45, 2.75) is 26.7 Å². The van der Waals surface area contributed by atoms with E-state index < -0.39 is 6.43 Å². The Labute approximate surface area is 69.7 Å². The normalized spacial score (nSPS) is 10.8. The molecule has 0 bridgehead atoms. The summed E-state index contributed by atoms with van der Waals surface area (Å²) in [5.41, 5.74) is 0.389. The summed E-state index contributed by atoms with van der Waals surface area (Å²) in [5, 5.41) is 0. The van der Waals surface area contributed by atoms with Crippen LogP contribution in [-0.2, 0) is 6.42 Å². The highest BCUT2D eigenvalue weighted by Crippen LogP contribution is 2.20. The van der Waals surface area contributed by atoms with Crippen molar-refractivity contribution in [3.8, 4) is 0 Å². The van der Waals surface area contributed by atoms with E-state index in [2.05, 4.69) is 9.97 Å². The molecular weight excluding hydrogens is 162 g/mol. The van der Waals surface area contributed by atoms with E-state index in [0.29, 0.717) is 17.8 Å². The Morgan fingerprint density at radius 2 is 2.17 bits per heavy atom. The van der Waals surface area contributed by atoms with Crippen LogP contribution in [0.4, 0.5) is 8.78 Å². The number of hydrogen-bond donors (Lipinski definition) is 0. The third-order valence-corrected chi connectivity index (χ3v) is 1.61. The van der Waals surface area contributed by atoms with Gasteiger partial charge in [-0.2, -0.15) is 0 Å². The van der Waals surface area contributed by atoms with E-state index in [1.807, 2.05) is 0 Å². The predicted octanol–water partition coefficient (Wildman–Crippen LogP) is 2.29. The fraction of sp³-hybridized carbons (Fsp3) is 0.500. The van der Waals surface area contributed by atoms with Gasteiger partial charge >= 0.3 is 0 Å². The largest absolute Gasteiger partial charge is 0.280 e. The molecule has 0 unspecified atom stereocenters. The van der Waals surface area contributed by atoms with Crippen molar-refractivity contribution in [1.82, 2.24) is 9.97 Å². The zero-order valence-corrected chi connectivity index (χ0v) is 7.01. The standard InChI is InChI=1S/C8H10F2N2/c1-3-6-4-11-5(2)12-7(6)8(9)10/h4,8H,3H2,1-2H3. The highest BCUT2D eigenvalue weighted by Gasteiger charge is 2.13. The van der Waals surface area contributed by atoms with Crippen molar-refractivity contribution in [2.75, 3.05) is 0 Å². The molecule has 66 valence electrons. The van der Waals surface area contributed by atoms with Gasteiger partial charge in [-0.1, -0.05) is 6.92 Å². The summed E-state index contributed by atoms with van der Waals surface area (Å²) in [6.45, 7) is 3.41. The van der Waals surface area contributed by atoms with E-state index >= 15 is 0 Å². The lowest BCUT2D eigenvalue weighted by atomic mass is 10.2. The fourth-order valence-corrected chi connectivity index (χ4v) is 0.974. The lowest BCUT2D eigenvalue weighted by molar-refractivity contribution is 0.144. The van der Waals surface area contributed by atoms with Gasteiger partial charge in [-0.15, -0.1) is 0 Å². The first-order chi connectivity index (χ1) is 5.65. The van der Waals surface area contributed by atoms with Gasteiger partial charge in [0.05, 0.1) is 0 Å². The molecular formula is C8H10F2N2. The van der Waals surface area contributed by atoms with Crippen LogP contribution in [0, 0.1) is 6.92 Å². The van der Waals surface area contributed by atoms with Gasteiger partial charge in [0, 0.05) is 6.20 Å². The van der Waals surface area contributed by atoms with Crippen molar-refractivity contribution in [2.24, 2.45) is 0 Å². The van der Waals surface area contributed by atoms with Crippen LogP contribution in [0.2, 0.25) is 0 Å². The monoisotopic (exact) mass is 172 g/mol. The topological polar surface area (TPSA) is 25.8 Å². The van der Waals surface area contributed by atoms with Gasteiger partial charge in [0.25, 0.3) is 6.43 Å². The van der Waals surface area contributed by atoms with Gasteiger partial charge in [-0.05, 0) is 18.9 Å². The minimum absolute atomic E-state index is 0.134. The van der Waals surface area contributed by atoms with E-state index in [0.717, 1.165) is 0 Å². The first-order valence-electron chi connectivity index (χ1n) is 3.75. The lowest BCUT2D eigenvalue weighted by Gasteiger charge is -2.04. The highest BCUT2D eigenvalue weighted by molar-refractivity contribution is 5.18. The predicted molar refractivity (Wildman–Crippen MR) is 41.1 cm³/mol. The quantitative estimate of drug-likeness (QED) is 0.684. The van der Waals surface area contributed by atoms with E-state index in [9.17, 15) is 8.78 Å². The summed E-state index contributed by atoms with van der Waals surface area (Å²) in [6, 6.07) is 0. The van der Waals surface area contributed by atoms with Crippen molar-refractivity contribution >= 4 is 0 Å². The van der Waals surface area contributed by atoms with Gasteiger partial charge < -0.3 is 0 Å². The van der Waals surface area contributed by atoms with Gasteiger partial charge in [-0.3, -0.25) is 0 Å². The minimum atomic E-state index is -2.50. The molecule has 1 aromatic heterocycles. The van der Waals surface area contributed by atoms with Crippen LogP contribution in [0.15, 0.2) is 6.20 Å². The van der Waals surface area contributed by atoms with E-state index in [1.54, 1.807) is 13.8 Å². The molecule has 0 N–H and O–H groups in total. The average Bonchev–Trinajstić information content (AvgIpc) is 2.04. The molecule has 4 heteroatoms. The van der Waals surface area contributed by atoms with Gasteiger partial charge in [0.15, 0.2) is 0 Å². The molecule has 0 fully saturated rings. The van der Waals surface area contributed by atoms with Crippen LogP contribution in [-0.4, -0.2) is 9.97 Å². The summed E-state index contributed by atoms with van der Waals surface area (Å²) in [6.07, 6.45) is -0.495. The summed E-state index contributed by atoms with van der Waals surface area (Å²) in [5.74, 6) is 0.391. The van der Waals surface area contributed by atoms with E-state index in [4.69, 9.17) is 0 Å². The van der Waals surface area contributed by atoms with Crippen LogP contribution in [0.25, 0.3) is 0 Å². The second-order valence-corrected chi connectivity index (χ2v) is 2.48. The van der Waals surface area contributed by atoms with Crippen molar-refractivity contribution in [3.05, 3.63) is 23.3 Å². The molecule has 0 saturated heterocycles. The number of halogens is 2. The molecule has 0 spiro atoms. The smallest absolute Gasteiger partial charge is 0.241 e. The number of hydrogen-bond acceptors (Lipinski definition) is 2. The molecule has 0 aliphatic carbocycles. The Balaban J connectivity index is 3.12. The third kappa shape index (κ3) is 1.75. The van der Waals surface area contributed by atoms with Gasteiger partial charge in [-0.25, -0.2) is 18.7 Å². The van der Waals surface area contributed by atoms with Crippen LogP contribution < -0.4 is 0 Å². The summed E-state index contributed by atoms with van der Waals surface area (Å²) >= 11 is 0. The molecule has 0 saturated carbocycles. The van der Waals surface area contributed by atoms with Gasteiger partial charge in [0.2, 0.25) is 0 Å². The first-order valence-corrected chi connectivity index (χ1v) is 3.75. The van der Waals surface area contributed by atoms with Crippen LogP contribution in [0.3, 0.4) is 0 Å². The SMILES string of the molecule is CCc1cnc(C)nc1C(F)F. The molecule has 0 aliphatic heterocycles. The maximum Gasteiger partial charge on any atom is 0.280 e. The zero-order chi connectivity index (χ0) is 9.14. The maximum absolute atomic E-state index is 12.3. The zero-order valence-electron chi connectivity index (χ0n) is 7.01. The molecule has 0 atom stereocenters. The molecule has 0 amide bonds.